The molecule has 0 N–H and O–H groups in total. The first kappa shape index (κ1) is 9.46. The van der Waals surface area contributed by atoms with Crippen LogP contribution in [-0.2, 0) is 11.2 Å². The van der Waals surface area contributed by atoms with Crippen LogP contribution in [0, 0.1) is 5.92 Å². The van der Waals surface area contributed by atoms with Crippen molar-refractivity contribution >= 4 is 17.1 Å². The molecule has 1 heterocycles. The fraction of sp³-hybridized carbons (Fsp3) is 0.500. The molecule has 0 aliphatic heterocycles. The zero-order valence-corrected chi connectivity index (χ0v) is 8.36. The second-order valence-electron chi connectivity index (χ2n) is 3.06. The van der Waals surface area contributed by atoms with Crippen molar-refractivity contribution in [3.05, 3.63) is 22.4 Å². The van der Waals surface area contributed by atoms with Gasteiger partial charge in [-0.2, -0.15) is 11.3 Å². The van der Waals surface area contributed by atoms with E-state index in [2.05, 4.69) is 16.8 Å². The lowest BCUT2D eigenvalue weighted by atomic mass is 9.97. The first-order chi connectivity index (χ1) is 5.74. The Morgan fingerprint density at radius 2 is 2.42 bits per heavy atom. The second kappa shape index (κ2) is 4.41. The van der Waals surface area contributed by atoms with E-state index in [4.69, 9.17) is 0 Å². The summed E-state index contributed by atoms with van der Waals surface area (Å²) < 4.78 is 0. The highest BCUT2D eigenvalue weighted by Crippen LogP contribution is 2.13. The molecule has 0 aliphatic rings. The van der Waals surface area contributed by atoms with E-state index in [1.807, 2.05) is 13.8 Å². The van der Waals surface area contributed by atoms with E-state index in [-0.39, 0.29) is 5.92 Å². The summed E-state index contributed by atoms with van der Waals surface area (Å²) in [6, 6.07) is 2.09. The minimum atomic E-state index is 0.185. The van der Waals surface area contributed by atoms with E-state index < -0.39 is 0 Å². The molecular formula is C10H14OS. The molecule has 12 heavy (non-hydrogen) atoms. The smallest absolute Gasteiger partial charge is 0.135 e. The number of rotatable bonds is 4. The van der Waals surface area contributed by atoms with Gasteiger partial charge in [-0.3, -0.25) is 4.79 Å². The summed E-state index contributed by atoms with van der Waals surface area (Å²) in [5.74, 6) is 0.547. The van der Waals surface area contributed by atoms with Gasteiger partial charge >= 0.3 is 0 Å². The highest BCUT2D eigenvalue weighted by atomic mass is 32.1. The van der Waals surface area contributed by atoms with Crippen LogP contribution in [0.3, 0.4) is 0 Å². The molecule has 0 amide bonds. The molecule has 0 radical (unpaired) electrons. The van der Waals surface area contributed by atoms with E-state index >= 15 is 0 Å². The van der Waals surface area contributed by atoms with Crippen molar-refractivity contribution in [2.45, 2.75) is 26.7 Å². The summed E-state index contributed by atoms with van der Waals surface area (Å²) in [5, 5.41) is 4.16. The highest BCUT2D eigenvalue weighted by molar-refractivity contribution is 7.07. The predicted molar refractivity (Wildman–Crippen MR) is 52.5 cm³/mol. The number of carbonyl (C=O) groups is 1. The van der Waals surface area contributed by atoms with E-state index in [9.17, 15) is 4.79 Å². The minimum absolute atomic E-state index is 0.185. The van der Waals surface area contributed by atoms with E-state index in [0.717, 1.165) is 6.42 Å². The third kappa shape index (κ3) is 2.45. The minimum Gasteiger partial charge on any atom is -0.299 e. The Kier molecular flexibility index (Phi) is 3.48. The second-order valence-corrected chi connectivity index (χ2v) is 3.84. The quantitative estimate of drug-likeness (QED) is 0.699. The van der Waals surface area contributed by atoms with Crippen molar-refractivity contribution < 1.29 is 4.79 Å². The SMILES string of the molecule is CCC(=O)C(C)Cc1ccsc1. The van der Waals surface area contributed by atoms with E-state index in [0.29, 0.717) is 12.2 Å². The molecule has 0 spiro atoms. The zero-order chi connectivity index (χ0) is 8.97. The fourth-order valence-electron chi connectivity index (χ4n) is 1.22. The van der Waals surface area contributed by atoms with Crippen LogP contribution in [0.4, 0.5) is 0 Å². The lowest BCUT2D eigenvalue weighted by Crippen LogP contribution is -2.11. The summed E-state index contributed by atoms with van der Waals surface area (Å²) >= 11 is 1.69. The molecule has 0 saturated carbocycles. The largest absolute Gasteiger partial charge is 0.299 e. The number of hydrogen-bond donors (Lipinski definition) is 0. The maximum Gasteiger partial charge on any atom is 0.135 e. The highest BCUT2D eigenvalue weighted by Gasteiger charge is 2.10. The zero-order valence-electron chi connectivity index (χ0n) is 7.54. The number of Topliss-reactive ketones (excluding diaryl/α,β-unsaturated/α-hetero) is 1. The van der Waals surface area contributed by atoms with Crippen LogP contribution in [0.2, 0.25) is 0 Å². The fourth-order valence-corrected chi connectivity index (χ4v) is 1.91. The van der Waals surface area contributed by atoms with Crippen molar-refractivity contribution in [3.8, 4) is 0 Å². The molecule has 1 unspecified atom stereocenters. The van der Waals surface area contributed by atoms with Gasteiger partial charge in [-0.05, 0) is 28.8 Å². The van der Waals surface area contributed by atoms with Gasteiger partial charge in [0.25, 0.3) is 0 Å². The van der Waals surface area contributed by atoms with Crippen LogP contribution < -0.4 is 0 Å². The Morgan fingerprint density at radius 1 is 1.67 bits per heavy atom. The molecule has 1 aromatic heterocycles. The molecule has 0 aromatic carbocycles. The van der Waals surface area contributed by atoms with Gasteiger partial charge in [0.2, 0.25) is 0 Å². The maximum atomic E-state index is 11.2. The van der Waals surface area contributed by atoms with Crippen LogP contribution in [0.15, 0.2) is 16.8 Å². The van der Waals surface area contributed by atoms with Gasteiger partial charge in [0.1, 0.15) is 5.78 Å². The van der Waals surface area contributed by atoms with Crippen molar-refractivity contribution in [1.29, 1.82) is 0 Å². The molecule has 0 bridgehead atoms. The number of carbonyl (C=O) groups excluding carboxylic acids is 1. The maximum absolute atomic E-state index is 11.2. The monoisotopic (exact) mass is 182 g/mol. The predicted octanol–water partition coefficient (Wildman–Crippen LogP) is 2.91. The number of hydrogen-bond acceptors (Lipinski definition) is 2. The standard InChI is InChI=1S/C10H14OS/c1-3-10(11)8(2)6-9-4-5-12-7-9/h4-5,7-8H,3,6H2,1-2H3. The molecular weight excluding hydrogens is 168 g/mol. The Labute approximate surface area is 77.4 Å². The van der Waals surface area contributed by atoms with Crippen molar-refractivity contribution in [3.63, 3.8) is 0 Å². The van der Waals surface area contributed by atoms with Gasteiger partial charge in [0, 0.05) is 12.3 Å². The summed E-state index contributed by atoms with van der Waals surface area (Å²) in [4.78, 5) is 11.2. The Morgan fingerprint density at radius 3 is 2.92 bits per heavy atom. The van der Waals surface area contributed by atoms with E-state index in [1.165, 1.54) is 5.56 Å². The third-order valence-corrected chi connectivity index (χ3v) is 2.75. The molecule has 0 saturated heterocycles. The van der Waals surface area contributed by atoms with Crippen molar-refractivity contribution in [2.24, 2.45) is 5.92 Å². The average molecular weight is 182 g/mol. The Balaban J connectivity index is 2.47. The van der Waals surface area contributed by atoms with E-state index in [1.54, 1.807) is 11.3 Å². The third-order valence-electron chi connectivity index (χ3n) is 2.02. The van der Waals surface area contributed by atoms with Crippen LogP contribution in [0.5, 0.6) is 0 Å². The molecule has 1 nitrogen and oxygen atoms in total. The number of thiophene rings is 1. The topological polar surface area (TPSA) is 17.1 Å². The van der Waals surface area contributed by atoms with Gasteiger partial charge in [0.15, 0.2) is 0 Å². The Hall–Kier alpha value is -0.630. The van der Waals surface area contributed by atoms with Crippen molar-refractivity contribution in [2.75, 3.05) is 0 Å². The van der Waals surface area contributed by atoms with Gasteiger partial charge in [-0.15, -0.1) is 0 Å². The molecule has 2 heteroatoms. The summed E-state index contributed by atoms with van der Waals surface area (Å²) in [6.45, 7) is 3.93. The molecule has 66 valence electrons. The number of ketones is 1. The molecule has 1 aromatic rings. The van der Waals surface area contributed by atoms with Gasteiger partial charge in [0.05, 0.1) is 0 Å². The van der Waals surface area contributed by atoms with Crippen LogP contribution in [-0.4, -0.2) is 5.78 Å². The van der Waals surface area contributed by atoms with Crippen molar-refractivity contribution in [1.82, 2.24) is 0 Å². The normalized spacial score (nSPS) is 12.8. The van der Waals surface area contributed by atoms with Crippen LogP contribution in [0.25, 0.3) is 0 Å². The summed E-state index contributed by atoms with van der Waals surface area (Å²) in [6.07, 6.45) is 1.56. The Bertz CT molecular complexity index is 238. The van der Waals surface area contributed by atoms with Gasteiger partial charge < -0.3 is 0 Å². The summed E-state index contributed by atoms with van der Waals surface area (Å²) in [5.41, 5.74) is 1.29. The van der Waals surface area contributed by atoms with Gasteiger partial charge in [-0.25, -0.2) is 0 Å². The molecule has 0 fully saturated rings. The average Bonchev–Trinajstić information content (AvgIpc) is 2.55. The first-order valence-electron chi connectivity index (χ1n) is 4.27. The first-order valence-corrected chi connectivity index (χ1v) is 5.22. The van der Waals surface area contributed by atoms with Crippen LogP contribution >= 0.6 is 11.3 Å². The summed E-state index contributed by atoms with van der Waals surface area (Å²) in [7, 11) is 0. The molecule has 1 rings (SSSR count). The van der Waals surface area contributed by atoms with Crippen LogP contribution in [0.1, 0.15) is 25.8 Å². The lowest BCUT2D eigenvalue weighted by molar-refractivity contribution is -0.122. The van der Waals surface area contributed by atoms with Gasteiger partial charge in [-0.1, -0.05) is 13.8 Å². The lowest BCUT2D eigenvalue weighted by Gasteiger charge is -2.06. The molecule has 1 atom stereocenters. The molecule has 0 aliphatic carbocycles.